The van der Waals surface area contributed by atoms with Crippen molar-refractivity contribution in [2.75, 3.05) is 0 Å². The zero-order valence-corrected chi connectivity index (χ0v) is 17.6. The first-order valence-electron chi connectivity index (χ1n) is 10.1. The van der Waals surface area contributed by atoms with Crippen LogP contribution in [0.2, 0.25) is 0 Å². The molecular formula is C24H29N3O2. The summed E-state index contributed by atoms with van der Waals surface area (Å²) in [7, 11) is 0. The van der Waals surface area contributed by atoms with E-state index in [-0.39, 0.29) is 23.3 Å². The molecule has 0 saturated heterocycles. The van der Waals surface area contributed by atoms with Crippen LogP contribution in [0.4, 0.5) is 0 Å². The molecule has 5 nitrogen and oxygen atoms in total. The molecule has 0 saturated carbocycles. The summed E-state index contributed by atoms with van der Waals surface area (Å²) in [4.78, 5) is 17.0. The quantitative estimate of drug-likeness (QED) is 0.637. The number of carbonyl (C=O) groups is 1. The van der Waals surface area contributed by atoms with Gasteiger partial charge in [-0.3, -0.25) is 4.79 Å². The maximum Gasteiger partial charge on any atom is 0.227 e. The van der Waals surface area contributed by atoms with Gasteiger partial charge in [0.25, 0.3) is 0 Å². The highest BCUT2D eigenvalue weighted by Gasteiger charge is 2.24. The van der Waals surface area contributed by atoms with E-state index >= 15 is 0 Å². The van der Waals surface area contributed by atoms with Crippen molar-refractivity contribution in [3.8, 4) is 0 Å². The highest BCUT2D eigenvalue weighted by Crippen LogP contribution is 2.28. The number of hydrogen-bond donors (Lipinski definition) is 1. The molecule has 0 radical (unpaired) electrons. The Morgan fingerprint density at radius 2 is 1.55 bits per heavy atom. The van der Waals surface area contributed by atoms with Gasteiger partial charge in [-0.15, -0.1) is 0 Å². The van der Waals surface area contributed by atoms with Crippen molar-refractivity contribution in [3.05, 3.63) is 83.5 Å². The predicted octanol–water partition coefficient (Wildman–Crippen LogP) is 4.64. The summed E-state index contributed by atoms with van der Waals surface area (Å²) >= 11 is 0. The lowest BCUT2D eigenvalue weighted by atomic mass is 9.86. The van der Waals surface area contributed by atoms with Gasteiger partial charge in [0, 0.05) is 30.2 Å². The van der Waals surface area contributed by atoms with Crippen molar-refractivity contribution in [1.82, 2.24) is 15.5 Å². The number of carbonyl (C=O) groups excluding carboxylic acids is 1. The average molecular weight is 392 g/mol. The van der Waals surface area contributed by atoms with Crippen molar-refractivity contribution in [3.63, 3.8) is 0 Å². The van der Waals surface area contributed by atoms with E-state index in [1.165, 1.54) is 11.1 Å². The second kappa shape index (κ2) is 9.03. The van der Waals surface area contributed by atoms with Gasteiger partial charge < -0.3 is 9.84 Å². The molecule has 1 heterocycles. The molecule has 1 unspecified atom stereocenters. The standard InChI is InChI=1S/C24H29N3O2/c1-17(22(18-11-7-5-8-12-18)19-13-9-6-10-14-19)25-20(28)15-16-21-26-23(27-29-21)24(2,3)4/h5-14,17,22H,15-16H2,1-4H3,(H,25,28). The third kappa shape index (κ3) is 5.53. The van der Waals surface area contributed by atoms with Gasteiger partial charge in [-0.25, -0.2) is 0 Å². The molecule has 0 aliphatic heterocycles. The lowest BCUT2D eigenvalue weighted by Gasteiger charge is -2.26. The predicted molar refractivity (Wildman–Crippen MR) is 114 cm³/mol. The molecule has 29 heavy (non-hydrogen) atoms. The first-order valence-corrected chi connectivity index (χ1v) is 10.1. The van der Waals surface area contributed by atoms with Crippen molar-refractivity contribution in [1.29, 1.82) is 0 Å². The van der Waals surface area contributed by atoms with Crippen molar-refractivity contribution < 1.29 is 9.32 Å². The van der Waals surface area contributed by atoms with Crippen LogP contribution in [0.3, 0.4) is 0 Å². The number of aromatic nitrogens is 2. The maximum absolute atomic E-state index is 12.6. The summed E-state index contributed by atoms with van der Waals surface area (Å²) in [6.45, 7) is 8.14. The van der Waals surface area contributed by atoms with Gasteiger partial charge in [-0.2, -0.15) is 4.98 Å². The van der Waals surface area contributed by atoms with E-state index in [0.717, 1.165) is 0 Å². The first-order chi connectivity index (χ1) is 13.8. The van der Waals surface area contributed by atoms with Crippen molar-refractivity contribution in [2.24, 2.45) is 0 Å². The number of amides is 1. The summed E-state index contributed by atoms with van der Waals surface area (Å²) in [5.74, 6) is 1.22. The number of rotatable bonds is 7. The lowest BCUT2D eigenvalue weighted by molar-refractivity contribution is -0.121. The Morgan fingerprint density at radius 1 is 1.00 bits per heavy atom. The van der Waals surface area contributed by atoms with Gasteiger partial charge in [0.1, 0.15) is 0 Å². The highest BCUT2D eigenvalue weighted by atomic mass is 16.5. The van der Waals surface area contributed by atoms with Crippen molar-refractivity contribution >= 4 is 5.91 Å². The van der Waals surface area contributed by atoms with Crippen LogP contribution in [0, 0.1) is 0 Å². The van der Waals surface area contributed by atoms with E-state index < -0.39 is 0 Å². The molecule has 5 heteroatoms. The van der Waals surface area contributed by atoms with E-state index in [1.54, 1.807) is 0 Å². The van der Waals surface area contributed by atoms with E-state index in [2.05, 4.69) is 39.7 Å². The fourth-order valence-corrected chi connectivity index (χ4v) is 3.38. The summed E-state index contributed by atoms with van der Waals surface area (Å²) in [6.07, 6.45) is 0.745. The van der Waals surface area contributed by atoms with E-state index in [9.17, 15) is 4.79 Å². The third-order valence-electron chi connectivity index (χ3n) is 4.91. The number of nitrogens with one attached hydrogen (secondary N) is 1. The smallest absolute Gasteiger partial charge is 0.227 e. The molecule has 1 atom stereocenters. The molecule has 1 N–H and O–H groups in total. The summed E-state index contributed by atoms with van der Waals surface area (Å²) < 4.78 is 5.29. The van der Waals surface area contributed by atoms with Crippen LogP contribution >= 0.6 is 0 Å². The fraction of sp³-hybridized carbons (Fsp3) is 0.375. The Bertz CT molecular complexity index is 875. The molecule has 152 valence electrons. The van der Waals surface area contributed by atoms with Gasteiger partial charge in [-0.05, 0) is 18.1 Å². The Morgan fingerprint density at radius 3 is 2.03 bits per heavy atom. The second-order valence-corrected chi connectivity index (χ2v) is 8.42. The van der Waals surface area contributed by atoms with Crippen LogP contribution in [0.25, 0.3) is 0 Å². The van der Waals surface area contributed by atoms with Crippen LogP contribution < -0.4 is 5.32 Å². The molecule has 0 spiro atoms. The van der Waals surface area contributed by atoms with Crippen LogP contribution in [0.15, 0.2) is 65.2 Å². The Labute approximate surface area is 172 Å². The largest absolute Gasteiger partial charge is 0.353 e. The number of hydrogen-bond acceptors (Lipinski definition) is 4. The number of benzene rings is 2. The normalized spacial score (nSPS) is 12.7. The minimum absolute atomic E-state index is 0.0233. The maximum atomic E-state index is 12.6. The molecule has 0 fully saturated rings. The van der Waals surface area contributed by atoms with Crippen LogP contribution in [-0.2, 0) is 16.6 Å². The summed E-state index contributed by atoms with van der Waals surface area (Å²) in [6, 6.07) is 20.5. The third-order valence-corrected chi connectivity index (χ3v) is 4.91. The zero-order valence-electron chi connectivity index (χ0n) is 17.6. The molecule has 0 bridgehead atoms. The minimum atomic E-state index is -0.170. The van der Waals surface area contributed by atoms with Crippen LogP contribution in [0.1, 0.15) is 62.9 Å². The molecule has 1 aromatic heterocycles. The van der Waals surface area contributed by atoms with Gasteiger partial charge in [0.15, 0.2) is 5.82 Å². The zero-order chi connectivity index (χ0) is 20.9. The molecule has 3 aromatic rings. The Hall–Kier alpha value is -2.95. The summed E-state index contributed by atoms with van der Waals surface area (Å²) in [5.41, 5.74) is 2.19. The molecular weight excluding hydrogens is 362 g/mol. The molecule has 0 aliphatic rings. The second-order valence-electron chi connectivity index (χ2n) is 8.42. The molecule has 2 aromatic carbocycles. The van der Waals surface area contributed by atoms with Gasteiger partial charge in [0.2, 0.25) is 11.8 Å². The SMILES string of the molecule is CC(NC(=O)CCc1nc(C(C)(C)C)no1)C(c1ccccc1)c1ccccc1. The Balaban J connectivity index is 1.65. The molecule has 3 rings (SSSR count). The van der Waals surface area contributed by atoms with Gasteiger partial charge in [0.05, 0.1) is 0 Å². The van der Waals surface area contributed by atoms with E-state index in [4.69, 9.17) is 4.52 Å². The van der Waals surface area contributed by atoms with Crippen molar-refractivity contribution in [2.45, 2.75) is 57.9 Å². The lowest BCUT2D eigenvalue weighted by Crippen LogP contribution is -2.37. The van der Waals surface area contributed by atoms with Gasteiger partial charge in [-0.1, -0.05) is 86.6 Å². The van der Waals surface area contributed by atoms with Gasteiger partial charge >= 0.3 is 0 Å². The van der Waals surface area contributed by atoms with Crippen LogP contribution in [0.5, 0.6) is 0 Å². The number of nitrogens with zero attached hydrogens (tertiary/aromatic N) is 2. The first kappa shape index (κ1) is 20.8. The highest BCUT2D eigenvalue weighted by molar-refractivity contribution is 5.76. The average Bonchev–Trinajstić information content (AvgIpc) is 3.18. The summed E-state index contributed by atoms with van der Waals surface area (Å²) in [5, 5.41) is 7.17. The minimum Gasteiger partial charge on any atom is -0.353 e. The van der Waals surface area contributed by atoms with Crippen LogP contribution in [-0.4, -0.2) is 22.1 Å². The number of aryl methyl sites for hydroxylation is 1. The Kier molecular flexibility index (Phi) is 6.47. The fourth-order valence-electron chi connectivity index (χ4n) is 3.38. The van der Waals surface area contributed by atoms with E-state index in [0.29, 0.717) is 24.6 Å². The molecule has 0 aliphatic carbocycles. The monoisotopic (exact) mass is 391 g/mol. The molecule has 1 amide bonds. The topological polar surface area (TPSA) is 68.0 Å². The van der Waals surface area contributed by atoms with E-state index in [1.807, 2.05) is 64.1 Å².